The predicted octanol–water partition coefficient (Wildman–Crippen LogP) is 6.14. The van der Waals surface area contributed by atoms with Crippen LogP contribution in [0, 0.1) is 0 Å². The number of benzene rings is 1. The smallest absolute Gasteiger partial charge is 0.434 e. The quantitative estimate of drug-likeness (QED) is 0.274. The summed E-state index contributed by atoms with van der Waals surface area (Å²) in [6.45, 7) is 2.50. The number of imidazole rings is 1. The lowest BCUT2D eigenvalue weighted by atomic mass is 10.1. The lowest BCUT2D eigenvalue weighted by Crippen LogP contribution is -2.20. The highest BCUT2D eigenvalue weighted by molar-refractivity contribution is 6.30. The van der Waals surface area contributed by atoms with Gasteiger partial charge >= 0.3 is 6.16 Å². The van der Waals surface area contributed by atoms with Crippen molar-refractivity contribution in [3.8, 4) is 0 Å². The van der Waals surface area contributed by atoms with Crippen molar-refractivity contribution in [1.82, 2.24) is 9.55 Å². The van der Waals surface area contributed by atoms with Gasteiger partial charge in [0.15, 0.2) is 11.6 Å². The molecule has 2 aromatic rings. The maximum atomic E-state index is 12.1. The molecule has 0 saturated carbocycles. The molecule has 142 valence electrons. The monoisotopic (exact) mass is 398 g/mol. The van der Waals surface area contributed by atoms with Crippen molar-refractivity contribution in [2.45, 2.75) is 50.6 Å². The van der Waals surface area contributed by atoms with E-state index in [0.717, 1.165) is 24.8 Å². The van der Waals surface area contributed by atoms with Gasteiger partial charge in [-0.05, 0) is 24.1 Å². The maximum Gasteiger partial charge on any atom is 0.509 e. The number of ether oxygens (including phenoxy) is 2. The summed E-state index contributed by atoms with van der Waals surface area (Å²) in [6.07, 6.45) is 8.82. The van der Waals surface area contributed by atoms with Gasteiger partial charge in [-0.3, -0.25) is 0 Å². The lowest BCUT2D eigenvalue weighted by molar-refractivity contribution is 0.0138. The minimum absolute atomic E-state index is 0.341. The van der Waals surface area contributed by atoms with E-state index in [0.29, 0.717) is 11.6 Å². The van der Waals surface area contributed by atoms with Gasteiger partial charge in [-0.1, -0.05) is 67.9 Å². The molecule has 0 amide bonds. The highest BCUT2D eigenvalue weighted by Gasteiger charge is 2.27. The average molecular weight is 399 g/mol. The summed E-state index contributed by atoms with van der Waals surface area (Å²) in [4.78, 5) is 16.1. The topological polar surface area (TPSA) is 53.4 Å². The number of halogens is 2. The fourth-order valence-corrected chi connectivity index (χ4v) is 2.94. The Morgan fingerprint density at radius 1 is 1.19 bits per heavy atom. The molecule has 1 heterocycles. The molecule has 0 N–H and O–H groups in total. The number of carbonyl (C=O) groups excluding carboxylic acids is 1. The first kappa shape index (κ1) is 20.6. The summed E-state index contributed by atoms with van der Waals surface area (Å²) in [5.74, 6) is 0. The Morgan fingerprint density at radius 2 is 1.92 bits per heavy atom. The van der Waals surface area contributed by atoms with Crippen LogP contribution in [-0.4, -0.2) is 22.3 Å². The van der Waals surface area contributed by atoms with Crippen molar-refractivity contribution in [2.24, 2.45) is 0 Å². The van der Waals surface area contributed by atoms with E-state index >= 15 is 0 Å². The van der Waals surface area contributed by atoms with Gasteiger partial charge in [0, 0.05) is 17.4 Å². The van der Waals surface area contributed by atoms with E-state index in [2.05, 4.69) is 11.9 Å². The third kappa shape index (κ3) is 6.54. The van der Waals surface area contributed by atoms with Gasteiger partial charge in [-0.25, -0.2) is 9.78 Å². The van der Waals surface area contributed by atoms with Gasteiger partial charge in [-0.2, -0.15) is 0 Å². The molecule has 0 aliphatic heterocycles. The van der Waals surface area contributed by atoms with Crippen molar-refractivity contribution < 1.29 is 14.3 Å². The molecule has 2 atom stereocenters. The average Bonchev–Trinajstić information content (AvgIpc) is 3.18. The molecule has 1 aromatic carbocycles. The summed E-state index contributed by atoms with van der Waals surface area (Å²) in [5, 5.41) is 0.593. The number of rotatable bonds is 10. The third-order valence-electron chi connectivity index (χ3n) is 3.95. The minimum atomic E-state index is -0.730. The fourth-order valence-electron chi connectivity index (χ4n) is 2.51. The summed E-state index contributed by atoms with van der Waals surface area (Å²) < 4.78 is 12.4. The van der Waals surface area contributed by atoms with E-state index in [9.17, 15) is 4.79 Å². The van der Waals surface area contributed by atoms with Crippen LogP contribution in [0.2, 0.25) is 5.02 Å². The minimum Gasteiger partial charge on any atom is -0.434 e. The molecule has 2 rings (SSSR count). The number of alkyl halides is 1. The van der Waals surface area contributed by atoms with E-state index in [1.165, 1.54) is 12.8 Å². The molecule has 0 radical (unpaired) electrons. The van der Waals surface area contributed by atoms with Crippen LogP contribution >= 0.6 is 23.2 Å². The second-order valence-electron chi connectivity index (χ2n) is 5.99. The molecule has 1 aromatic heterocycles. The van der Waals surface area contributed by atoms with Gasteiger partial charge in [0.1, 0.15) is 0 Å². The largest absolute Gasteiger partial charge is 0.509 e. The normalized spacial score (nSPS) is 13.2. The Labute approximate surface area is 164 Å². The molecule has 0 aliphatic carbocycles. The number of unbranched alkanes of at least 4 members (excludes halogenated alkanes) is 4. The van der Waals surface area contributed by atoms with Crippen LogP contribution in [-0.2, 0) is 9.47 Å². The Bertz CT molecular complexity index is 647. The van der Waals surface area contributed by atoms with Crippen LogP contribution in [0.4, 0.5) is 4.79 Å². The summed E-state index contributed by atoms with van der Waals surface area (Å²) in [6, 6.07) is 7.00. The molecule has 0 spiro atoms. The van der Waals surface area contributed by atoms with Crippen molar-refractivity contribution in [1.29, 1.82) is 0 Å². The zero-order valence-electron chi connectivity index (χ0n) is 14.8. The van der Waals surface area contributed by atoms with Crippen molar-refractivity contribution >= 4 is 29.4 Å². The standard InChI is InChI=1S/C19H24Cl2N2O3/c1-2-3-4-5-6-13-25-19(24)26-17(15-7-9-16(20)10-8-15)18(21)23-12-11-22-14-23/h7-12,14,17-18H,2-6,13H2,1H3. The first-order valence-corrected chi connectivity index (χ1v) is 9.63. The van der Waals surface area contributed by atoms with Gasteiger partial charge in [0.2, 0.25) is 0 Å². The first-order valence-electron chi connectivity index (χ1n) is 8.82. The van der Waals surface area contributed by atoms with E-state index in [4.69, 9.17) is 32.7 Å². The lowest BCUT2D eigenvalue weighted by Gasteiger charge is -2.23. The van der Waals surface area contributed by atoms with Crippen LogP contribution in [0.25, 0.3) is 0 Å². The second-order valence-corrected chi connectivity index (χ2v) is 6.87. The number of aromatic nitrogens is 2. The Morgan fingerprint density at radius 3 is 2.58 bits per heavy atom. The molecule has 0 saturated heterocycles. The van der Waals surface area contributed by atoms with E-state index in [1.54, 1.807) is 47.6 Å². The van der Waals surface area contributed by atoms with Crippen molar-refractivity contribution in [3.63, 3.8) is 0 Å². The van der Waals surface area contributed by atoms with Crippen LogP contribution in [0.1, 0.15) is 56.2 Å². The zero-order valence-corrected chi connectivity index (χ0v) is 16.3. The van der Waals surface area contributed by atoms with Gasteiger partial charge in [0.25, 0.3) is 0 Å². The molecule has 26 heavy (non-hydrogen) atoms. The number of nitrogens with zero attached hydrogens (tertiary/aromatic N) is 2. The van der Waals surface area contributed by atoms with Crippen LogP contribution in [0.15, 0.2) is 43.0 Å². The first-order chi connectivity index (χ1) is 12.6. The van der Waals surface area contributed by atoms with Crippen LogP contribution < -0.4 is 0 Å². The van der Waals surface area contributed by atoms with E-state index in [-0.39, 0.29) is 0 Å². The highest BCUT2D eigenvalue weighted by Crippen LogP contribution is 2.34. The van der Waals surface area contributed by atoms with E-state index < -0.39 is 17.8 Å². The van der Waals surface area contributed by atoms with Gasteiger partial charge in [-0.15, -0.1) is 0 Å². The number of hydrogen-bond acceptors (Lipinski definition) is 4. The maximum absolute atomic E-state index is 12.1. The molecule has 0 bridgehead atoms. The van der Waals surface area contributed by atoms with Crippen molar-refractivity contribution in [3.05, 3.63) is 53.6 Å². The second kappa shape index (κ2) is 11.1. The summed E-state index contributed by atoms with van der Waals surface area (Å²) in [5.41, 5.74) is 0.0683. The van der Waals surface area contributed by atoms with E-state index in [1.807, 2.05) is 0 Å². The Balaban J connectivity index is 1.95. The highest BCUT2D eigenvalue weighted by atomic mass is 35.5. The fraction of sp³-hybridized carbons (Fsp3) is 0.474. The molecule has 7 heteroatoms. The zero-order chi connectivity index (χ0) is 18.8. The third-order valence-corrected chi connectivity index (χ3v) is 4.66. The number of hydrogen-bond donors (Lipinski definition) is 0. The molecule has 5 nitrogen and oxygen atoms in total. The molecular formula is C19H24Cl2N2O3. The molecule has 0 fully saturated rings. The summed E-state index contributed by atoms with van der Waals surface area (Å²) in [7, 11) is 0. The van der Waals surface area contributed by atoms with Gasteiger partial charge in [0.05, 0.1) is 12.9 Å². The molecular weight excluding hydrogens is 375 g/mol. The van der Waals surface area contributed by atoms with Crippen molar-refractivity contribution in [2.75, 3.05) is 6.61 Å². The Hall–Kier alpha value is -1.72. The van der Waals surface area contributed by atoms with Crippen LogP contribution in [0.5, 0.6) is 0 Å². The SMILES string of the molecule is CCCCCCCOC(=O)OC(c1ccc(Cl)cc1)C(Cl)n1ccnc1. The van der Waals surface area contributed by atoms with Crippen LogP contribution in [0.3, 0.4) is 0 Å². The number of carbonyl (C=O) groups is 1. The van der Waals surface area contributed by atoms with Gasteiger partial charge < -0.3 is 14.0 Å². The molecule has 0 aliphatic rings. The summed E-state index contributed by atoms with van der Waals surface area (Å²) >= 11 is 12.4. The predicted molar refractivity (Wildman–Crippen MR) is 103 cm³/mol. The molecule has 2 unspecified atom stereocenters. The Kier molecular flexibility index (Phi) is 8.78.